The fourth-order valence-corrected chi connectivity index (χ4v) is 3.37. The lowest BCUT2D eigenvalue weighted by molar-refractivity contribution is 0.291. The van der Waals surface area contributed by atoms with Crippen molar-refractivity contribution in [3.8, 4) is 0 Å². The van der Waals surface area contributed by atoms with Crippen LogP contribution in [-0.4, -0.2) is 4.98 Å². The number of nitrogens with zero attached hydrogens (tertiary/aromatic N) is 1. The van der Waals surface area contributed by atoms with E-state index in [1.165, 1.54) is 10.6 Å². The maximum atomic E-state index is 4.49. The van der Waals surface area contributed by atoms with E-state index in [9.17, 15) is 0 Å². The second-order valence-corrected chi connectivity index (χ2v) is 7.65. The SMILES string of the molecule is CCC(NC(CC(C)(C)C)c1ccccc1)c1nccs1. The van der Waals surface area contributed by atoms with Gasteiger partial charge in [-0.15, -0.1) is 11.3 Å². The zero-order valence-corrected chi connectivity index (χ0v) is 14.3. The molecule has 0 aliphatic carbocycles. The largest absolute Gasteiger partial charge is 0.301 e. The van der Waals surface area contributed by atoms with Crippen LogP contribution in [0.5, 0.6) is 0 Å². The van der Waals surface area contributed by atoms with E-state index in [0.29, 0.717) is 12.1 Å². The molecule has 2 nitrogen and oxygen atoms in total. The van der Waals surface area contributed by atoms with Crippen molar-refractivity contribution >= 4 is 11.3 Å². The van der Waals surface area contributed by atoms with E-state index in [0.717, 1.165) is 12.8 Å². The zero-order valence-electron chi connectivity index (χ0n) is 13.5. The first-order valence-corrected chi connectivity index (χ1v) is 8.58. The predicted octanol–water partition coefficient (Wildman–Crippen LogP) is 5.36. The van der Waals surface area contributed by atoms with Gasteiger partial charge in [-0.3, -0.25) is 0 Å². The lowest BCUT2D eigenvalue weighted by atomic mass is 9.85. The molecule has 0 bridgehead atoms. The molecule has 0 saturated heterocycles. The molecule has 1 aromatic carbocycles. The molecule has 0 fully saturated rings. The summed E-state index contributed by atoms with van der Waals surface area (Å²) in [5.41, 5.74) is 1.65. The molecule has 1 heterocycles. The Morgan fingerprint density at radius 3 is 2.38 bits per heavy atom. The highest BCUT2D eigenvalue weighted by atomic mass is 32.1. The van der Waals surface area contributed by atoms with Gasteiger partial charge in [0.25, 0.3) is 0 Å². The number of hydrogen-bond acceptors (Lipinski definition) is 3. The molecule has 0 aliphatic heterocycles. The molecule has 1 aromatic heterocycles. The van der Waals surface area contributed by atoms with Crippen LogP contribution in [0.3, 0.4) is 0 Å². The summed E-state index contributed by atoms with van der Waals surface area (Å²) in [7, 11) is 0. The molecule has 0 spiro atoms. The number of rotatable bonds is 6. The molecule has 0 radical (unpaired) electrons. The third-order valence-corrected chi connectivity index (χ3v) is 4.47. The lowest BCUT2D eigenvalue weighted by Gasteiger charge is -2.30. The summed E-state index contributed by atoms with van der Waals surface area (Å²) < 4.78 is 0. The molecule has 2 atom stereocenters. The summed E-state index contributed by atoms with van der Waals surface area (Å²) in [6.07, 6.45) is 4.06. The quantitative estimate of drug-likeness (QED) is 0.777. The van der Waals surface area contributed by atoms with Gasteiger partial charge in [0, 0.05) is 17.6 Å². The van der Waals surface area contributed by atoms with E-state index in [1.807, 2.05) is 6.20 Å². The fourth-order valence-electron chi connectivity index (χ4n) is 2.58. The van der Waals surface area contributed by atoms with E-state index < -0.39 is 0 Å². The molecule has 0 saturated carbocycles. The van der Waals surface area contributed by atoms with Gasteiger partial charge in [-0.2, -0.15) is 0 Å². The fraction of sp³-hybridized carbons (Fsp3) is 0.500. The van der Waals surface area contributed by atoms with Crippen LogP contribution in [0.2, 0.25) is 0 Å². The Morgan fingerprint density at radius 1 is 1.14 bits per heavy atom. The van der Waals surface area contributed by atoms with E-state index >= 15 is 0 Å². The van der Waals surface area contributed by atoms with Gasteiger partial charge >= 0.3 is 0 Å². The standard InChI is InChI=1S/C18H26N2S/c1-5-15(17-19-11-12-21-17)20-16(13-18(2,3)4)14-9-7-6-8-10-14/h6-12,15-16,20H,5,13H2,1-4H3. The van der Waals surface area contributed by atoms with Crippen molar-refractivity contribution in [1.29, 1.82) is 0 Å². The second-order valence-electron chi connectivity index (χ2n) is 6.73. The number of nitrogens with one attached hydrogen (secondary N) is 1. The van der Waals surface area contributed by atoms with Gasteiger partial charge < -0.3 is 5.32 Å². The predicted molar refractivity (Wildman–Crippen MR) is 91.5 cm³/mol. The molecule has 3 heteroatoms. The highest BCUT2D eigenvalue weighted by Gasteiger charge is 2.23. The molecule has 2 rings (SSSR count). The topological polar surface area (TPSA) is 24.9 Å². The maximum absolute atomic E-state index is 4.49. The summed E-state index contributed by atoms with van der Waals surface area (Å²) in [6, 6.07) is 11.5. The van der Waals surface area contributed by atoms with Crippen LogP contribution in [0, 0.1) is 5.41 Å². The van der Waals surface area contributed by atoms with Gasteiger partial charge in [0.1, 0.15) is 5.01 Å². The van der Waals surface area contributed by atoms with Crippen molar-refractivity contribution in [3.05, 3.63) is 52.5 Å². The smallest absolute Gasteiger partial charge is 0.109 e. The Hall–Kier alpha value is -1.19. The minimum atomic E-state index is 0.286. The molecule has 0 aliphatic rings. The van der Waals surface area contributed by atoms with Crippen LogP contribution in [0.25, 0.3) is 0 Å². The number of benzene rings is 1. The van der Waals surface area contributed by atoms with Crippen molar-refractivity contribution in [2.75, 3.05) is 0 Å². The molecule has 2 aromatic rings. The van der Waals surface area contributed by atoms with E-state index in [2.05, 4.69) is 73.7 Å². The Bertz CT molecular complexity index is 514. The molecule has 114 valence electrons. The third kappa shape index (κ3) is 4.94. The summed E-state index contributed by atoms with van der Waals surface area (Å²) >= 11 is 1.74. The summed E-state index contributed by atoms with van der Waals surface area (Å²) in [6.45, 7) is 9.12. The van der Waals surface area contributed by atoms with Crippen molar-refractivity contribution in [1.82, 2.24) is 10.3 Å². The molecular weight excluding hydrogens is 276 g/mol. The molecule has 21 heavy (non-hydrogen) atoms. The average Bonchev–Trinajstić information content (AvgIpc) is 2.97. The number of thiazole rings is 1. The number of hydrogen-bond donors (Lipinski definition) is 1. The Kier molecular flexibility index (Phi) is 5.54. The first kappa shape index (κ1) is 16.2. The van der Waals surface area contributed by atoms with Crippen LogP contribution in [0.15, 0.2) is 41.9 Å². The molecular formula is C18H26N2S. The highest BCUT2D eigenvalue weighted by Crippen LogP contribution is 2.32. The normalized spacial score (nSPS) is 14.9. The summed E-state index contributed by atoms with van der Waals surface area (Å²) in [4.78, 5) is 4.49. The Morgan fingerprint density at radius 2 is 1.86 bits per heavy atom. The van der Waals surface area contributed by atoms with E-state index in [4.69, 9.17) is 0 Å². The monoisotopic (exact) mass is 302 g/mol. The summed E-state index contributed by atoms with van der Waals surface area (Å²) in [5.74, 6) is 0. The zero-order chi connectivity index (χ0) is 15.3. The third-order valence-electron chi connectivity index (χ3n) is 3.58. The van der Waals surface area contributed by atoms with Crippen molar-refractivity contribution in [3.63, 3.8) is 0 Å². The molecule has 1 N–H and O–H groups in total. The van der Waals surface area contributed by atoms with Gasteiger partial charge in [-0.05, 0) is 23.8 Å². The molecule has 2 unspecified atom stereocenters. The minimum absolute atomic E-state index is 0.286. The molecule has 0 amide bonds. The maximum Gasteiger partial charge on any atom is 0.109 e. The second kappa shape index (κ2) is 7.19. The van der Waals surface area contributed by atoms with Gasteiger partial charge in [-0.1, -0.05) is 58.0 Å². The Balaban J connectivity index is 2.19. The van der Waals surface area contributed by atoms with Crippen LogP contribution < -0.4 is 5.32 Å². The van der Waals surface area contributed by atoms with Crippen molar-refractivity contribution in [2.45, 2.75) is 52.6 Å². The lowest BCUT2D eigenvalue weighted by Crippen LogP contribution is -2.29. The average molecular weight is 302 g/mol. The Labute approximate surface area is 132 Å². The number of aromatic nitrogens is 1. The van der Waals surface area contributed by atoms with Crippen molar-refractivity contribution < 1.29 is 0 Å². The van der Waals surface area contributed by atoms with Gasteiger partial charge in [0.15, 0.2) is 0 Å². The van der Waals surface area contributed by atoms with Crippen molar-refractivity contribution in [2.24, 2.45) is 5.41 Å². The van der Waals surface area contributed by atoms with E-state index in [-0.39, 0.29) is 5.41 Å². The van der Waals surface area contributed by atoms with Crippen LogP contribution >= 0.6 is 11.3 Å². The van der Waals surface area contributed by atoms with Crippen LogP contribution in [0.1, 0.15) is 63.2 Å². The van der Waals surface area contributed by atoms with Gasteiger partial charge in [-0.25, -0.2) is 4.98 Å². The van der Waals surface area contributed by atoms with Gasteiger partial charge in [0.2, 0.25) is 0 Å². The van der Waals surface area contributed by atoms with Gasteiger partial charge in [0.05, 0.1) is 6.04 Å². The first-order chi connectivity index (χ1) is 9.99. The van der Waals surface area contributed by atoms with Crippen LogP contribution in [-0.2, 0) is 0 Å². The van der Waals surface area contributed by atoms with E-state index in [1.54, 1.807) is 11.3 Å². The highest BCUT2D eigenvalue weighted by molar-refractivity contribution is 7.09. The minimum Gasteiger partial charge on any atom is -0.301 e. The summed E-state index contributed by atoms with van der Waals surface area (Å²) in [5, 5.41) is 7.07. The van der Waals surface area contributed by atoms with Crippen LogP contribution in [0.4, 0.5) is 0 Å². The first-order valence-electron chi connectivity index (χ1n) is 7.70.